The molecule has 13 heteroatoms. The van der Waals surface area contributed by atoms with Crippen molar-refractivity contribution < 1.29 is 37.5 Å². The van der Waals surface area contributed by atoms with Gasteiger partial charge in [0.1, 0.15) is 18.3 Å². The summed E-state index contributed by atoms with van der Waals surface area (Å²) in [4.78, 5) is 36.8. The SMILES string of the molecule is CC(C)OC(=O)CCCOP1(=O)OCC23C(O)C(n4ccc(=O)[nH]c4=O)OC2C3O1. The highest BCUT2D eigenvalue weighted by Gasteiger charge is 2.81. The zero-order valence-electron chi connectivity index (χ0n) is 16.4. The summed E-state index contributed by atoms with van der Waals surface area (Å²) < 4.78 is 40.4. The summed E-state index contributed by atoms with van der Waals surface area (Å²) in [6.45, 7) is 3.30. The monoisotopic (exact) mass is 446 g/mol. The number of carbonyl (C=O) groups excluding carboxylic acids is 1. The van der Waals surface area contributed by atoms with Crippen LogP contribution >= 0.6 is 7.82 Å². The molecule has 12 nitrogen and oxygen atoms in total. The lowest BCUT2D eigenvalue weighted by Gasteiger charge is -2.31. The van der Waals surface area contributed by atoms with Gasteiger partial charge in [-0.2, -0.15) is 0 Å². The molecule has 6 atom stereocenters. The molecule has 2 aliphatic heterocycles. The third-order valence-corrected chi connectivity index (χ3v) is 6.74. The van der Waals surface area contributed by atoms with Gasteiger partial charge in [0.15, 0.2) is 6.23 Å². The molecule has 0 amide bonds. The first kappa shape index (κ1) is 21.4. The lowest BCUT2D eigenvalue weighted by atomic mass is 9.99. The van der Waals surface area contributed by atoms with Crippen LogP contribution in [-0.2, 0) is 32.4 Å². The maximum absolute atomic E-state index is 12.7. The van der Waals surface area contributed by atoms with Crippen LogP contribution in [0.5, 0.6) is 0 Å². The average Bonchev–Trinajstić information content (AvgIpc) is 3.18. The van der Waals surface area contributed by atoms with E-state index in [1.165, 1.54) is 6.20 Å². The van der Waals surface area contributed by atoms with Gasteiger partial charge in [0.05, 0.1) is 24.7 Å². The summed E-state index contributed by atoms with van der Waals surface area (Å²) in [7, 11) is -3.87. The van der Waals surface area contributed by atoms with Crippen molar-refractivity contribution >= 4 is 13.8 Å². The Balaban J connectivity index is 1.32. The first-order chi connectivity index (χ1) is 14.2. The van der Waals surface area contributed by atoms with Crippen LogP contribution in [-0.4, -0.2) is 58.3 Å². The molecule has 6 unspecified atom stereocenters. The van der Waals surface area contributed by atoms with E-state index in [2.05, 4.69) is 4.98 Å². The number of carbonyl (C=O) groups is 1. The molecule has 3 fully saturated rings. The lowest BCUT2D eigenvalue weighted by Crippen LogP contribution is -2.42. The number of nitrogens with one attached hydrogen (secondary N) is 1. The van der Waals surface area contributed by atoms with E-state index in [-0.39, 0.29) is 38.1 Å². The number of H-pyrrole nitrogens is 1. The zero-order valence-corrected chi connectivity index (χ0v) is 17.3. The van der Waals surface area contributed by atoms with Crippen molar-refractivity contribution in [3.05, 3.63) is 33.1 Å². The Bertz CT molecular complexity index is 989. The van der Waals surface area contributed by atoms with Gasteiger partial charge >= 0.3 is 19.5 Å². The second-order valence-electron chi connectivity index (χ2n) is 7.74. The average molecular weight is 446 g/mol. The Hall–Kier alpha value is -1.82. The van der Waals surface area contributed by atoms with Crippen LogP contribution < -0.4 is 11.2 Å². The van der Waals surface area contributed by atoms with Gasteiger partial charge in [-0.25, -0.2) is 9.36 Å². The first-order valence-electron chi connectivity index (χ1n) is 9.58. The van der Waals surface area contributed by atoms with Gasteiger partial charge in [-0.1, -0.05) is 0 Å². The van der Waals surface area contributed by atoms with Crippen LogP contribution in [0.25, 0.3) is 0 Å². The summed E-state index contributed by atoms with van der Waals surface area (Å²) in [6, 6.07) is 1.14. The van der Waals surface area contributed by atoms with Crippen molar-refractivity contribution in [2.45, 2.75) is 57.3 Å². The molecule has 30 heavy (non-hydrogen) atoms. The van der Waals surface area contributed by atoms with Crippen molar-refractivity contribution in [1.82, 2.24) is 9.55 Å². The molecule has 2 N–H and O–H groups in total. The number of aromatic nitrogens is 2. The number of aliphatic hydroxyl groups is 1. The van der Waals surface area contributed by atoms with E-state index < -0.39 is 49.0 Å². The number of hydrogen-bond donors (Lipinski definition) is 2. The molecular formula is C17H23N2O10P. The highest BCUT2D eigenvalue weighted by atomic mass is 31.2. The van der Waals surface area contributed by atoms with E-state index >= 15 is 0 Å². The van der Waals surface area contributed by atoms with E-state index in [9.17, 15) is 24.1 Å². The standard InChI is InChI=1S/C17H23N2O10P/c1-9(2)27-11(21)4-3-7-25-30(24)26-8-17-12(22)15(28-13(17)14(17)29-30)19-6-5-10(20)18-16(19)23/h5-6,9,12-15,22H,3-4,7-8H2,1-2H3,(H,18,20,23). The second kappa shape index (κ2) is 7.70. The number of fused-ring (bicyclic) bond motifs is 1. The molecule has 0 bridgehead atoms. The Labute approximate surface area is 170 Å². The quantitative estimate of drug-likeness (QED) is 0.334. The van der Waals surface area contributed by atoms with Crippen molar-refractivity contribution in [2.75, 3.05) is 13.2 Å². The molecular weight excluding hydrogens is 423 g/mol. The van der Waals surface area contributed by atoms with Crippen LogP contribution in [0.1, 0.15) is 32.9 Å². The molecule has 0 aromatic carbocycles. The summed E-state index contributed by atoms with van der Waals surface area (Å²) in [5.41, 5.74) is -2.26. The first-order valence-corrected chi connectivity index (χ1v) is 11.0. The minimum absolute atomic E-state index is 0.0341. The highest BCUT2D eigenvalue weighted by Crippen LogP contribution is 2.72. The van der Waals surface area contributed by atoms with Crippen LogP contribution in [0.2, 0.25) is 0 Å². The van der Waals surface area contributed by atoms with Crippen LogP contribution in [0, 0.1) is 5.41 Å². The Morgan fingerprint density at radius 3 is 2.90 bits per heavy atom. The summed E-state index contributed by atoms with van der Waals surface area (Å²) in [6.07, 6.45) is -2.18. The number of esters is 1. The molecule has 3 heterocycles. The normalized spacial score (nSPS) is 36.9. The Kier molecular flexibility index (Phi) is 5.50. The van der Waals surface area contributed by atoms with Gasteiger partial charge in [0.2, 0.25) is 0 Å². The van der Waals surface area contributed by atoms with E-state index in [1.54, 1.807) is 13.8 Å². The maximum Gasteiger partial charge on any atom is 0.475 e. The number of aromatic amines is 1. The Morgan fingerprint density at radius 2 is 2.20 bits per heavy atom. The van der Waals surface area contributed by atoms with Crippen molar-refractivity contribution in [3.8, 4) is 0 Å². The van der Waals surface area contributed by atoms with Gasteiger partial charge in [-0.15, -0.1) is 0 Å². The molecule has 4 rings (SSSR count). The number of nitrogens with zero attached hydrogens (tertiary/aromatic N) is 1. The maximum atomic E-state index is 12.7. The van der Waals surface area contributed by atoms with Crippen LogP contribution in [0.3, 0.4) is 0 Å². The van der Waals surface area contributed by atoms with Gasteiger partial charge < -0.3 is 14.6 Å². The molecule has 3 aliphatic rings. The highest BCUT2D eigenvalue weighted by molar-refractivity contribution is 7.48. The van der Waals surface area contributed by atoms with Gasteiger partial charge in [0, 0.05) is 18.7 Å². The topological polar surface area (TPSA) is 155 Å². The molecule has 1 aromatic rings. The minimum atomic E-state index is -3.87. The summed E-state index contributed by atoms with van der Waals surface area (Å²) in [5, 5.41) is 10.7. The molecule has 1 saturated carbocycles. The fraction of sp³-hybridized carbons (Fsp3) is 0.706. The third kappa shape index (κ3) is 3.68. The number of ether oxygens (including phenoxy) is 2. The second-order valence-corrected chi connectivity index (χ2v) is 9.37. The van der Waals surface area contributed by atoms with E-state index in [4.69, 9.17) is 23.0 Å². The molecule has 0 radical (unpaired) electrons. The predicted octanol–water partition coefficient (Wildman–Crippen LogP) is 0.0668. The van der Waals surface area contributed by atoms with Crippen molar-refractivity contribution in [1.29, 1.82) is 0 Å². The molecule has 1 aliphatic carbocycles. The molecule has 166 valence electrons. The predicted molar refractivity (Wildman–Crippen MR) is 98.5 cm³/mol. The third-order valence-electron chi connectivity index (χ3n) is 5.31. The number of hydrogen-bond acceptors (Lipinski definition) is 10. The lowest BCUT2D eigenvalue weighted by molar-refractivity contribution is -0.147. The number of aliphatic hydroxyl groups excluding tert-OH is 1. The van der Waals surface area contributed by atoms with Crippen molar-refractivity contribution in [3.63, 3.8) is 0 Å². The van der Waals surface area contributed by atoms with E-state index in [0.717, 1.165) is 10.6 Å². The zero-order chi connectivity index (χ0) is 21.7. The number of phosphoric acid groups is 1. The molecule has 1 aromatic heterocycles. The largest absolute Gasteiger partial charge is 0.475 e. The molecule has 2 saturated heterocycles. The fourth-order valence-electron chi connectivity index (χ4n) is 3.80. The summed E-state index contributed by atoms with van der Waals surface area (Å²) >= 11 is 0. The Morgan fingerprint density at radius 1 is 1.43 bits per heavy atom. The van der Waals surface area contributed by atoms with Crippen molar-refractivity contribution in [2.24, 2.45) is 5.41 Å². The summed E-state index contributed by atoms with van der Waals surface area (Å²) in [5.74, 6) is -0.381. The molecule has 1 spiro atoms. The number of rotatable bonds is 7. The van der Waals surface area contributed by atoms with E-state index in [0.29, 0.717) is 0 Å². The van der Waals surface area contributed by atoms with Crippen LogP contribution in [0.15, 0.2) is 21.9 Å². The van der Waals surface area contributed by atoms with Gasteiger partial charge in [-0.05, 0) is 20.3 Å². The smallest absolute Gasteiger partial charge is 0.463 e. The minimum Gasteiger partial charge on any atom is -0.463 e. The van der Waals surface area contributed by atoms with Crippen LogP contribution in [0.4, 0.5) is 0 Å². The fourth-order valence-corrected chi connectivity index (χ4v) is 5.32. The van der Waals surface area contributed by atoms with Gasteiger partial charge in [0.25, 0.3) is 5.56 Å². The van der Waals surface area contributed by atoms with E-state index in [1.807, 2.05) is 0 Å². The van der Waals surface area contributed by atoms with Gasteiger partial charge in [-0.3, -0.25) is 32.7 Å². The number of phosphoric ester groups is 1.